The topological polar surface area (TPSA) is 38.5 Å². The minimum Gasteiger partial charge on any atom is -0.487 e. The third-order valence-corrected chi connectivity index (χ3v) is 3.43. The number of nitrogens with zero attached hydrogens (tertiary/aromatic N) is 1. The van der Waals surface area contributed by atoms with E-state index in [1.807, 2.05) is 24.3 Å². The Kier molecular flexibility index (Phi) is 5.78. The smallest absolute Gasteiger partial charge is 0.142 e. The van der Waals surface area contributed by atoms with Crippen molar-refractivity contribution in [1.82, 2.24) is 4.90 Å². The molecule has 0 aliphatic rings. The summed E-state index contributed by atoms with van der Waals surface area (Å²) in [7, 11) is 4.13. The molecule has 2 aromatic rings. The van der Waals surface area contributed by atoms with Crippen LogP contribution >= 0.6 is 0 Å². The van der Waals surface area contributed by atoms with E-state index in [4.69, 9.17) is 10.5 Å². The Bertz CT molecular complexity index is 614. The van der Waals surface area contributed by atoms with Gasteiger partial charge in [0.25, 0.3) is 0 Å². The van der Waals surface area contributed by atoms with Crippen molar-refractivity contribution in [3.8, 4) is 5.75 Å². The van der Waals surface area contributed by atoms with Crippen molar-refractivity contribution in [1.29, 1.82) is 0 Å². The van der Waals surface area contributed by atoms with Crippen molar-refractivity contribution >= 4 is 5.69 Å². The Morgan fingerprint density at radius 3 is 2.59 bits per heavy atom. The van der Waals surface area contributed by atoms with Crippen LogP contribution in [-0.2, 0) is 13.0 Å². The second-order valence-electron chi connectivity index (χ2n) is 5.70. The third kappa shape index (κ3) is 5.04. The Morgan fingerprint density at radius 2 is 1.91 bits per heavy atom. The van der Waals surface area contributed by atoms with Crippen molar-refractivity contribution in [3.63, 3.8) is 0 Å². The first-order valence-corrected chi connectivity index (χ1v) is 7.45. The van der Waals surface area contributed by atoms with Crippen molar-refractivity contribution < 1.29 is 9.13 Å². The lowest BCUT2D eigenvalue weighted by Gasteiger charge is -2.12. The van der Waals surface area contributed by atoms with Gasteiger partial charge in [-0.3, -0.25) is 0 Å². The molecule has 0 saturated heterocycles. The minimum absolute atomic E-state index is 0.259. The fourth-order valence-electron chi connectivity index (χ4n) is 2.27. The van der Waals surface area contributed by atoms with E-state index in [1.165, 1.54) is 17.7 Å². The molecule has 0 atom stereocenters. The maximum Gasteiger partial charge on any atom is 0.142 e. The van der Waals surface area contributed by atoms with E-state index in [1.54, 1.807) is 6.07 Å². The van der Waals surface area contributed by atoms with E-state index in [-0.39, 0.29) is 5.82 Å². The average molecular weight is 302 g/mol. The van der Waals surface area contributed by atoms with E-state index < -0.39 is 0 Å². The molecule has 0 amide bonds. The Hall–Kier alpha value is -2.07. The molecule has 2 N–H and O–H groups in total. The van der Waals surface area contributed by atoms with Gasteiger partial charge in [-0.05, 0) is 68.9 Å². The molecule has 0 aliphatic carbocycles. The number of nitrogens with two attached hydrogens (primary N) is 1. The van der Waals surface area contributed by atoms with Crippen molar-refractivity contribution in [2.45, 2.75) is 19.4 Å². The van der Waals surface area contributed by atoms with Gasteiger partial charge >= 0.3 is 0 Å². The van der Waals surface area contributed by atoms with Crippen molar-refractivity contribution in [3.05, 3.63) is 59.4 Å². The maximum atomic E-state index is 13.1. The molecule has 0 heterocycles. The van der Waals surface area contributed by atoms with Gasteiger partial charge in [-0.15, -0.1) is 0 Å². The fourth-order valence-corrected chi connectivity index (χ4v) is 2.27. The van der Waals surface area contributed by atoms with Gasteiger partial charge in [-0.2, -0.15) is 0 Å². The number of hydrogen-bond donors (Lipinski definition) is 1. The Labute approximate surface area is 131 Å². The minimum atomic E-state index is -0.259. The van der Waals surface area contributed by atoms with Crippen LogP contribution in [0.2, 0.25) is 0 Å². The monoisotopic (exact) mass is 302 g/mol. The quantitative estimate of drug-likeness (QED) is 0.796. The molecule has 4 heteroatoms. The first-order valence-electron chi connectivity index (χ1n) is 7.45. The van der Waals surface area contributed by atoms with Gasteiger partial charge in [0.2, 0.25) is 0 Å². The zero-order valence-corrected chi connectivity index (χ0v) is 13.2. The standard InChI is InChI=1S/C18H23FN2O/c1-21(2)10-4-6-14-8-9-18(17(20)12-14)22-13-15-5-3-7-16(19)11-15/h3,5,7-9,11-12H,4,6,10,13,20H2,1-2H3. The van der Waals surface area contributed by atoms with Gasteiger partial charge in [-0.25, -0.2) is 4.39 Å². The van der Waals surface area contributed by atoms with Gasteiger partial charge in [0.1, 0.15) is 18.2 Å². The molecular formula is C18H23FN2O. The van der Waals surface area contributed by atoms with E-state index in [9.17, 15) is 4.39 Å². The molecule has 0 saturated carbocycles. The number of aryl methyl sites for hydroxylation is 1. The molecular weight excluding hydrogens is 279 g/mol. The molecule has 3 nitrogen and oxygen atoms in total. The summed E-state index contributed by atoms with van der Waals surface area (Å²) >= 11 is 0. The number of benzene rings is 2. The molecule has 0 radical (unpaired) electrons. The van der Waals surface area contributed by atoms with Crippen LogP contribution in [0, 0.1) is 5.82 Å². The predicted molar refractivity (Wildman–Crippen MR) is 88.5 cm³/mol. The van der Waals surface area contributed by atoms with Crippen LogP contribution in [0.4, 0.5) is 10.1 Å². The predicted octanol–water partition coefficient (Wildman–Crippen LogP) is 3.48. The van der Waals surface area contributed by atoms with Crippen LogP contribution in [0.1, 0.15) is 17.5 Å². The fraction of sp³-hybridized carbons (Fsp3) is 0.333. The summed E-state index contributed by atoms with van der Waals surface area (Å²) in [5.41, 5.74) is 8.65. The zero-order chi connectivity index (χ0) is 15.9. The summed E-state index contributed by atoms with van der Waals surface area (Å²) in [4.78, 5) is 2.17. The lowest BCUT2D eigenvalue weighted by atomic mass is 10.1. The second kappa shape index (κ2) is 7.80. The number of hydrogen-bond acceptors (Lipinski definition) is 3. The van der Waals surface area contributed by atoms with Gasteiger partial charge in [0.05, 0.1) is 5.69 Å². The molecule has 0 bridgehead atoms. The summed E-state index contributed by atoms with van der Waals surface area (Å²) < 4.78 is 18.8. The first kappa shape index (κ1) is 16.3. The normalized spacial score (nSPS) is 10.9. The van der Waals surface area contributed by atoms with Crippen LogP contribution in [0.25, 0.3) is 0 Å². The van der Waals surface area contributed by atoms with E-state index >= 15 is 0 Å². The zero-order valence-electron chi connectivity index (χ0n) is 13.2. The van der Waals surface area contributed by atoms with Crippen LogP contribution in [0.3, 0.4) is 0 Å². The Morgan fingerprint density at radius 1 is 1.09 bits per heavy atom. The summed E-state index contributed by atoms with van der Waals surface area (Å²) in [6.45, 7) is 1.36. The molecule has 0 spiro atoms. The summed E-state index contributed by atoms with van der Waals surface area (Å²) in [5, 5.41) is 0. The lowest BCUT2D eigenvalue weighted by Crippen LogP contribution is -2.13. The number of nitrogen functional groups attached to an aromatic ring is 1. The van der Waals surface area contributed by atoms with Crippen LogP contribution < -0.4 is 10.5 Å². The molecule has 0 fully saturated rings. The summed E-state index contributed by atoms with van der Waals surface area (Å²) in [6.07, 6.45) is 2.09. The highest BCUT2D eigenvalue weighted by molar-refractivity contribution is 5.54. The van der Waals surface area contributed by atoms with Gasteiger partial charge in [0, 0.05) is 0 Å². The highest BCUT2D eigenvalue weighted by Crippen LogP contribution is 2.24. The largest absolute Gasteiger partial charge is 0.487 e. The number of anilines is 1. The molecule has 0 aliphatic heterocycles. The second-order valence-corrected chi connectivity index (χ2v) is 5.70. The van der Waals surface area contributed by atoms with Crippen molar-refractivity contribution in [2.75, 3.05) is 26.4 Å². The lowest BCUT2D eigenvalue weighted by molar-refractivity contribution is 0.307. The molecule has 2 aromatic carbocycles. The van der Waals surface area contributed by atoms with Crippen LogP contribution in [0.15, 0.2) is 42.5 Å². The summed E-state index contributed by atoms with van der Waals surface area (Å²) in [5.74, 6) is 0.380. The summed E-state index contributed by atoms with van der Waals surface area (Å²) in [6, 6.07) is 12.3. The first-order chi connectivity index (χ1) is 10.5. The third-order valence-electron chi connectivity index (χ3n) is 3.43. The highest BCUT2D eigenvalue weighted by atomic mass is 19.1. The van der Waals surface area contributed by atoms with E-state index in [2.05, 4.69) is 19.0 Å². The highest BCUT2D eigenvalue weighted by Gasteiger charge is 2.04. The number of halogens is 1. The molecule has 22 heavy (non-hydrogen) atoms. The van der Waals surface area contributed by atoms with Gasteiger partial charge in [-0.1, -0.05) is 18.2 Å². The maximum absolute atomic E-state index is 13.1. The molecule has 0 aromatic heterocycles. The van der Waals surface area contributed by atoms with Crippen LogP contribution in [-0.4, -0.2) is 25.5 Å². The van der Waals surface area contributed by atoms with E-state index in [0.717, 1.165) is 24.9 Å². The SMILES string of the molecule is CN(C)CCCc1ccc(OCc2cccc(F)c2)c(N)c1. The Balaban J connectivity index is 1.92. The number of ether oxygens (including phenoxy) is 1. The van der Waals surface area contributed by atoms with Crippen molar-refractivity contribution in [2.24, 2.45) is 0 Å². The molecule has 2 rings (SSSR count). The average Bonchev–Trinajstić information content (AvgIpc) is 2.46. The number of rotatable bonds is 7. The molecule has 118 valence electrons. The van der Waals surface area contributed by atoms with Crippen LogP contribution in [0.5, 0.6) is 5.75 Å². The van der Waals surface area contributed by atoms with Gasteiger partial charge < -0.3 is 15.4 Å². The molecule has 0 unspecified atom stereocenters. The van der Waals surface area contributed by atoms with Gasteiger partial charge in [0.15, 0.2) is 0 Å². The van der Waals surface area contributed by atoms with E-state index in [0.29, 0.717) is 18.0 Å².